The Morgan fingerprint density at radius 2 is 2.04 bits per heavy atom. The highest BCUT2D eigenvalue weighted by Crippen LogP contribution is 2.29. The molecule has 27 heavy (non-hydrogen) atoms. The number of hydrogen-bond donors (Lipinski definition) is 0. The van der Waals surface area contributed by atoms with Gasteiger partial charge in [-0.15, -0.1) is 0 Å². The minimum atomic E-state index is 0.151. The van der Waals surface area contributed by atoms with Crippen LogP contribution in [0, 0.1) is 11.3 Å². The Bertz CT molecular complexity index is 842. The van der Waals surface area contributed by atoms with Crippen molar-refractivity contribution in [3.63, 3.8) is 0 Å². The molecule has 0 aromatic carbocycles. The molecule has 2 saturated heterocycles. The summed E-state index contributed by atoms with van der Waals surface area (Å²) in [5.74, 6) is 0. The summed E-state index contributed by atoms with van der Waals surface area (Å²) < 4.78 is 6.24. The van der Waals surface area contributed by atoms with Crippen molar-refractivity contribution in [1.29, 1.82) is 5.26 Å². The second-order valence-corrected chi connectivity index (χ2v) is 7.58. The van der Waals surface area contributed by atoms with E-state index in [1.54, 1.807) is 6.20 Å². The monoisotopic (exact) mass is 366 g/mol. The summed E-state index contributed by atoms with van der Waals surface area (Å²) in [6.45, 7) is 9.13. The zero-order valence-corrected chi connectivity index (χ0v) is 16.0. The summed E-state index contributed by atoms with van der Waals surface area (Å²) >= 11 is 0. The Balaban J connectivity index is 1.55. The van der Waals surface area contributed by atoms with Gasteiger partial charge in [-0.05, 0) is 26.1 Å². The second kappa shape index (κ2) is 7.77. The maximum absolute atomic E-state index is 9.33. The molecular formula is C20H26N6O. The molecule has 0 saturated carbocycles. The molecular weight excluding hydrogens is 340 g/mol. The number of rotatable bonds is 3. The number of pyridine rings is 2. The fourth-order valence-corrected chi connectivity index (χ4v) is 4.05. The van der Waals surface area contributed by atoms with Crippen LogP contribution in [0.3, 0.4) is 0 Å². The average Bonchev–Trinajstić information content (AvgIpc) is 2.68. The minimum absolute atomic E-state index is 0.151. The molecule has 2 aliphatic heterocycles. The molecule has 2 aliphatic rings. The van der Waals surface area contributed by atoms with Crippen LogP contribution in [0.25, 0.3) is 10.9 Å². The molecule has 0 radical (unpaired) electrons. The van der Waals surface area contributed by atoms with Crippen LogP contribution in [0.15, 0.2) is 24.5 Å². The molecule has 2 fully saturated rings. The normalized spacial score (nSPS) is 24.9. The highest BCUT2D eigenvalue weighted by molar-refractivity contribution is 5.93. The number of fused-ring (bicyclic) bond motifs is 1. The summed E-state index contributed by atoms with van der Waals surface area (Å²) in [7, 11) is 2.18. The van der Waals surface area contributed by atoms with Gasteiger partial charge in [0, 0.05) is 57.4 Å². The molecule has 0 spiro atoms. The molecule has 0 aliphatic carbocycles. The van der Waals surface area contributed by atoms with Crippen LogP contribution in [-0.2, 0) is 4.74 Å². The van der Waals surface area contributed by atoms with E-state index in [9.17, 15) is 5.26 Å². The van der Waals surface area contributed by atoms with Gasteiger partial charge in [-0.25, -0.2) is 4.98 Å². The van der Waals surface area contributed by atoms with Crippen molar-refractivity contribution in [2.75, 3.05) is 57.8 Å². The zero-order chi connectivity index (χ0) is 18.8. The number of aromatic nitrogens is 2. The minimum Gasteiger partial charge on any atom is -0.370 e. The van der Waals surface area contributed by atoms with Gasteiger partial charge in [0.2, 0.25) is 0 Å². The maximum Gasteiger partial charge on any atom is 0.166 e. The molecule has 2 aromatic heterocycles. The highest BCUT2D eigenvalue weighted by Gasteiger charge is 2.29. The standard InChI is InChI=1S/C20H26N6O/c1-15-12-26(14-16(27-15)13-25-8-6-24(2)7-9-25)19-11-23-18(10-21)20-17(19)4-3-5-22-20/h3-5,11,15-16H,6-9,12-14H2,1-2H3/t15-,16+/m1/s1. The van der Waals surface area contributed by atoms with Crippen LogP contribution in [0.4, 0.5) is 5.69 Å². The number of morpholine rings is 1. The van der Waals surface area contributed by atoms with Gasteiger partial charge >= 0.3 is 0 Å². The lowest BCUT2D eigenvalue weighted by molar-refractivity contribution is -0.0369. The Hall–Kier alpha value is -2.27. The van der Waals surface area contributed by atoms with Crippen LogP contribution in [0.5, 0.6) is 0 Å². The molecule has 0 unspecified atom stereocenters. The van der Waals surface area contributed by atoms with E-state index in [1.165, 1.54) is 0 Å². The predicted octanol–water partition coefficient (Wildman–Crippen LogP) is 1.34. The van der Waals surface area contributed by atoms with E-state index in [0.29, 0.717) is 11.2 Å². The molecule has 142 valence electrons. The van der Waals surface area contributed by atoms with Crippen molar-refractivity contribution in [1.82, 2.24) is 19.8 Å². The van der Waals surface area contributed by atoms with E-state index in [0.717, 1.165) is 56.9 Å². The van der Waals surface area contributed by atoms with Gasteiger partial charge in [-0.2, -0.15) is 5.26 Å². The molecule has 7 heteroatoms. The lowest BCUT2D eigenvalue weighted by Gasteiger charge is -2.41. The Morgan fingerprint density at radius 3 is 2.81 bits per heavy atom. The van der Waals surface area contributed by atoms with Crippen molar-refractivity contribution in [2.24, 2.45) is 0 Å². The number of ether oxygens (including phenoxy) is 1. The number of likely N-dealkylation sites (N-methyl/N-ethyl adjacent to an activating group) is 1. The van der Waals surface area contributed by atoms with Crippen molar-refractivity contribution in [3.05, 3.63) is 30.2 Å². The molecule has 0 bridgehead atoms. The van der Waals surface area contributed by atoms with Gasteiger partial charge < -0.3 is 14.5 Å². The summed E-state index contributed by atoms with van der Waals surface area (Å²) in [6, 6.07) is 6.09. The van der Waals surface area contributed by atoms with Gasteiger partial charge in [0.15, 0.2) is 5.69 Å². The van der Waals surface area contributed by atoms with E-state index < -0.39 is 0 Å². The van der Waals surface area contributed by atoms with E-state index in [4.69, 9.17) is 4.74 Å². The van der Waals surface area contributed by atoms with Gasteiger partial charge in [0.25, 0.3) is 0 Å². The molecule has 2 aromatic rings. The Kier molecular flexibility index (Phi) is 5.21. The van der Waals surface area contributed by atoms with Crippen molar-refractivity contribution in [2.45, 2.75) is 19.1 Å². The summed E-state index contributed by atoms with van der Waals surface area (Å²) in [5.41, 5.74) is 2.09. The predicted molar refractivity (Wildman–Crippen MR) is 105 cm³/mol. The number of anilines is 1. The SMILES string of the molecule is C[C@@H]1CN(c2cnc(C#N)c3ncccc23)C[C@H](CN2CCN(C)CC2)O1. The zero-order valence-electron chi connectivity index (χ0n) is 16.0. The molecule has 4 heterocycles. The van der Waals surface area contributed by atoms with E-state index in [-0.39, 0.29) is 12.2 Å². The van der Waals surface area contributed by atoms with Crippen LogP contribution < -0.4 is 4.90 Å². The maximum atomic E-state index is 9.33. The molecule has 7 nitrogen and oxygen atoms in total. The quantitative estimate of drug-likeness (QED) is 0.812. The van der Waals surface area contributed by atoms with Crippen LogP contribution in [-0.4, -0.2) is 84.8 Å². The third kappa shape index (κ3) is 3.88. The van der Waals surface area contributed by atoms with Crippen molar-refractivity contribution < 1.29 is 4.74 Å². The largest absolute Gasteiger partial charge is 0.370 e. The van der Waals surface area contributed by atoms with Gasteiger partial charge in [0.1, 0.15) is 11.6 Å². The van der Waals surface area contributed by atoms with Crippen molar-refractivity contribution >= 4 is 16.6 Å². The molecule has 0 N–H and O–H groups in total. The number of hydrogen-bond acceptors (Lipinski definition) is 7. The first-order valence-electron chi connectivity index (χ1n) is 9.59. The lowest BCUT2D eigenvalue weighted by atomic mass is 10.1. The summed E-state index contributed by atoms with van der Waals surface area (Å²) in [6.07, 6.45) is 3.85. The van der Waals surface area contributed by atoms with Gasteiger partial charge in [-0.1, -0.05) is 0 Å². The fourth-order valence-electron chi connectivity index (χ4n) is 4.05. The molecule has 0 amide bonds. The molecule has 2 atom stereocenters. The molecule has 4 rings (SSSR count). The van der Waals surface area contributed by atoms with E-state index in [2.05, 4.69) is 44.7 Å². The smallest absolute Gasteiger partial charge is 0.166 e. The summed E-state index contributed by atoms with van der Waals surface area (Å²) in [4.78, 5) is 16.0. The van der Waals surface area contributed by atoms with Crippen LogP contribution >= 0.6 is 0 Å². The average molecular weight is 366 g/mol. The number of nitrogens with zero attached hydrogens (tertiary/aromatic N) is 6. The number of nitriles is 1. The van der Waals surface area contributed by atoms with Crippen molar-refractivity contribution in [3.8, 4) is 6.07 Å². The topological polar surface area (TPSA) is 68.5 Å². The van der Waals surface area contributed by atoms with E-state index >= 15 is 0 Å². The van der Waals surface area contributed by atoms with Crippen LogP contribution in [0.2, 0.25) is 0 Å². The Morgan fingerprint density at radius 1 is 1.22 bits per heavy atom. The van der Waals surface area contributed by atoms with Gasteiger partial charge in [-0.3, -0.25) is 9.88 Å². The first kappa shape index (κ1) is 18.1. The fraction of sp³-hybridized carbons (Fsp3) is 0.550. The third-order valence-corrected chi connectivity index (χ3v) is 5.45. The lowest BCUT2D eigenvalue weighted by Crippen LogP contribution is -2.53. The van der Waals surface area contributed by atoms with Gasteiger partial charge in [0.05, 0.1) is 24.1 Å². The third-order valence-electron chi connectivity index (χ3n) is 5.45. The van der Waals surface area contributed by atoms with Crippen LogP contribution in [0.1, 0.15) is 12.6 Å². The Labute approximate surface area is 160 Å². The first-order chi connectivity index (χ1) is 13.1. The number of piperazine rings is 1. The first-order valence-corrected chi connectivity index (χ1v) is 9.59. The van der Waals surface area contributed by atoms with E-state index in [1.807, 2.05) is 18.3 Å². The highest BCUT2D eigenvalue weighted by atomic mass is 16.5. The summed E-state index contributed by atoms with van der Waals surface area (Å²) in [5, 5.41) is 10.3. The second-order valence-electron chi connectivity index (χ2n) is 7.58.